The van der Waals surface area contributed by atoms with Gasteiger partial charge < -0.3 is 5.32 Å². The highest BCUT2D eigenvalue weighted by Crippen LogP contribution is 2.30. The summed E-state index contributed by atoms with van der Waals surface area (Å²) in [5.74, 6) is 0. The summed E-state index contributed by atoms with van der Waals surface area (Å²) in [7, 11) is 0. The van der Waals surface area contributed by atoms with E-state index in [9.17, 15) is 0 Å². The molecule has 0 bridgehead atoms. The first-order valence-corrected chi connectivity index (χ1v) is 7.29. The molecule has 1 aliphatic rings. The van der Waals surface area contributed by atoms with Gasteiger partial charge in [-0.05, 0) is 37.7 Å². The predicted octanol–water partition coefficient (Wildman–Crippen LogP) is 3.02. The highest BCUT2D eigenvalue weighted by atomic mass is 32.2. The van der Waals surface area contributed by atoms with Crippen LogP contribution in [0.1, 0.15) is 37.8 Å². The second kappa shape index (κ2) is 5.69. The molecule has 16 heavy (non-hydrogen) atoms. The maximum Gasteiger partial charge on any atom is 0.0315 e. The zero-order chi connectivity index (χ0) is 11.4. The van der Waals surface area contributed by atoms with E-state index in [-0.39, 0.29) is 0 Å². The van der Waals surface area contributed by atoms with Crippen LogP contribution in [-0.4, -0.2) is 22.5 Å². The molecule has 3 unspecified atom stereocenters. The molecule has 0 radical (unpaired) electrons. The molecular weight excluding hydrogens is 216 g/mol. The molecule has 0 aliphatic heterocycles. The lowest BCUT2D eigenvalue weighted by Gasteiger charge is -2.24. The van der Waals surface area contributed by atoms with Crippen LogP contribution in [0.4, 0.5) is 0 Å². The van der Waals surface area contributed by atoms with Crippen LogP contribution in [-0.2, 0) is 0 Å². The first kappa shape index (κ1) is 11.9. The minimum Gasteiger partial charge on any atom is -0.306 e. The van der Waals surface area contributed by atoms with Crippen molar-refractivity contribution >= 4 is 11.8 Å². The molecule has 0 amide bonds. The molecule has 0 spiro atoms. The van der Waals surface area contributed by atoms with Gasteiger partial charge in [-0.25, -0.2) is 0 Å². The van der Waals surface area contributed by atoms with E-state index in [0.29, 0.717) is 12.1 Å². The van der Waals surface area contributed by atoms with Crippen LogP contribution >= 0.6 is 11.8 Å². The maximum absolute atomic E-state index is 4.17. The number of hydrogen-bond acceptors (Lipinski definition) is 3. The van der Waals surface area contributed by atoms with Gasteiger partial charge in [-0.2, -0.15) is 11.8 Å². The fourth-order valence-corrected chi connectivity index (χ4v) is 3.39. The predicted molar refractivity (Wildman–Crippen MR) is 70.7 cm³/mol. The van der Waals surface area contributed by atoms with Gasteiger partial charge in [0.1, 0.15) is 0 Å². The Morgan fingerprint density at radius 3 is 3.06 bits per heavy atom. The number of rotatable bonds is 4. The lowest BCUT2D eigenvalue weighted by molar-refractivity contribution is 0.467. The van der Waals surface area contributed by atoms with Gasteiger partial charge in [0, 0.05) is 29.7 Å². The molecule has 2 nitrogen and oxygen atoms in total. The summed E-state index contributed by atoms with van der Waals surface area (Å²) < 4.78 is 0. The highest BCUT2D eigenvalue weighted by Gasteiger charge is 2.27. The van der Waals surface area contributed by atoms with Crippen molar-refractivity contribution in [3.05, 3.63) is 30.1 Å². The Morgan fingerprint density at radius 1 is 1.50 bits per heavy atom. The van der Waals surface area contributed by atoms with Gasteiger partial charge in [-0.15, -0.1) is 0 Å². The molecule has 88 valence electrons. The highest BCUT2D eigenvalue weighted by molar-refractivity contribution is 7.99. The minimum absolute atomic E-state index is 0.409. The van der Waals surface area contributed by atoms with Crippen molar-refractivity contribution < 1.29 is 0 Å². The molecule has 1 heterocycles. The second-order valence-corrected chi connectivity index (χ2v) is 5.56. The summed E-state index contributed by atoms with van der Waals surface area (Å²) in [5.41, 5.74) is 1.29. The van der Waals surface area contributed by atoms with Gasteiger partial charge in [0.25, 0.3) is 0 Å². The van der Waals surface area contributed by atoms with Crippen molar-refractivity contribution in [3.8, 4) is 0 Å². The van der Waals surface area contributed by atoms with Crippen LogP contribution < -0.4 is 5.32 Å². The Morgan fingerprint density at radius 2 is 2.38 bits per heavy atom. The Labute approximate surface area is 102 Å². The first-order chi connectivity index (χ1) is 7.81. The quantitative estimate of drug-likeness (QED) is 0.870. The second-order valence-electron chi connectivity index (χ2n) is 4.49. The van der Waals surface area contributed by atoms with Gasteiger partial charge in [-0.1, -0.05) is 12.5 Å². The van der Waals surface area contributed by atoms with Crippen LogP contribution in [0.5, 0.6) is 0 Å². The van der Waals surface area contributed by atoms with E-state index in [1.54, 1.807) is 0 Å². The number of thioether (sulfide) groups is 1. The largest absolute Gasteiger partial charge is 0.306 e. The van der Waals surface area contributed by atoms with Crippen molar-refractivity contribution in [2.24, 2.45) is 0 Å². The standard InChI is InChI=1S/C13H20N2S/c1-10(11-5-4-8-14-9-11)15-12-6-3-7-13(12)16-2/h4-5,8-10,12-13,15H,3,6-7H2,1-2H3. The number of nitrogens with one attached hydrogen (secondary N) is 1. The van der Waals surface area contributed by atoms with Gasteiger partial charge in [0.15, 0.2) is 0 Å². The summed E-state index contributed by atoms with van der Waals surface area (Å²) in [6, 6.07) is 5.23. The molecule has 1 aliphatic carbocycles. The van der Waals surface area contributed by atoms with E-state index in [1.165, 1.54) is 24.8 Å². The molecule has 2 rings (SSSR count). The Hall–Kier alpha value is -0.540. The van der Waals surface area contributed by atoms with Crippen molar-refractivity contribution in [2.45, 2.75) is 43.5 Å². The van der Waals surface area contributed by atoms with E-state index >= 15 is 0 Å². The van der Waals surface area contributed by atoms with E-state index in [2.05, 4.69) is 29.5 Å². The molecule has 1 aromatic heterocycles. The lowest BCUT2D eigenvalue weighted by Crippen LogP contribution is -2.35. The molecular formula is C13H20N2S. The Balaban J connectivity index is 1.94. The van der Waals surface area contributed by atoms with Crippen molar-refractivity contribution in [2.75, 3.05) is 6.26 Å². The average molecular weight is 236 g/mol. The van der Waals surface area contributed by atoms with Crippen molar-refractivity contribution in [1.82, 2.24) is 10.3 Å². The van der Waals surface area contributed by atoms with Crippen molar-refractivity contribution in [3.63, 3.8) is 0 Å². The zero-order valence-electron chi connectivity index (χ0n) is 10.0. The summed E-state index contributed by atoms with van der Waals surface area (Å²) in [5, 5.41) is 4.53. The fraction of sp³-hybridized carbons (Fsp3) is 0.615. The molecule has 0 aromatic carbocycles. The third-order valence-corrected chi connectivity index (χ3v) is 4.57. The van der Waals surface area contributed by atoms with Gasteiger partial charge in [0.2, 0.25) is 0 Å². The van der Waals surface area contributed by atoms with Gasteiger partial charge in [-0.3, -0.25) is 4.98 Å². The number of hydrogen-bond donors (Lipinski definition) is 1. The van der Waals surface area contributed by atoms with Gasteiger partial charge >= 0.3 is 0 Å². The third kappa shape index (κ3) is 2.77. The Kier molecular flexibility index (Phi) is 4.24. The maximum atomic E-state index is 4.17. The van der Waals surface area contributed by atoms with Crippen LogP contribution in [0, 0.1) is 0 Å². The van der Waals surface area contributed by atoms with Crippen LogP contribution in [0.3, 0.4) is 0 Å². The lowest BCUT2D eigenvalue weighted by atomic mass is 10.1. The number of aromatic nitrogens is 1. The minimum atomic E-state index is 0.409. The Bertz CT molecular complexity index is 315. The number of pyridine rings is 1. The molecule has 1 aromatic rings. The van der Waals surface area contributed by atoms with E-state index in [0.717, 1.165) is 5.25 Å². The number of nitrogens with zero attached hydrogens (tertiary/aromatic N) is 1. The van der Waals surface area contributed by atoms with E-state index in [1.807, 2.05) is 30.2 Å². The molecule has 1 fully saturated rings. The zero-order valence-corrected chi connectivity index (χ0v) is 10.8. The van der Waals surface area contributed by atoms with Gasteiger partial charge in [0.05, 0.1) is 0 Å². The summed E-state index contributed by atoms with van der Waals surface area (Å²) in [6.45, 7) is 2.23. The SMILES string of the molecule is CSC1CCCC1NC(C)c1cccnc1. The summed E-state index contributed by atoms with van der Waals surface area (Å²) in [4.78, 5) is 4.17. The topological polar surface area (TPSA) is 24.9 Å². The van der Waals surface area contributed by atoms with E-state index < -0.39 is 0 Å². The molecule has 1 saturated carbocycles. The molecule has 3 heteroatoms. The summed E-state index contributed by atoms with van der Waals surface area (Å²) >= 11 is 2.00. The van der Waals surface area contributed by atoms with Crippen LogP contribution in [0.25, 0.3) is 0 Å². The normalized spacial score (nSPS) is 26.9. The van der Waals surface area contributed by atoms with E-state index in [4.69, 9.17) is 0 Å². The smallest absolute Gasteiger partial charge is 0.0315 e. The fourth-order valence-electron chi connectivity index (χ4n) is 2.45. The molecule has 0 saturated heterocycles. The monoisotopic (exact) mass is 236 g/mol. The average Bonchev–Trinajstić information content (AvgIpc) is 2.77. The van der Waals surface area contributed by atoms with Crippen LogP contribution in [0.2, 0.25) is 0 Å². The summed E-state index contributed by atoms with van der Waals surface area (Å²) in [6.07, 6.45) is 10.0. The molecule has 3 atom stereocenters. The third-order valence-electron chi connectivity index (χ3n) is 3.40. The van der Waals surface area contributed by atoms with Crippen LogP contribution in [0.15, 0.2) is 24.5 Å². The molecule has 1 N–H and O–H groups in total. The van der Waals surface area contributed by atoms with Crippen molar-refractivity contribution in [1.29, 1.82) is 0 Å². The first-order valence-electron chi connectivity index (χ1n) is 6.00.